The van der Waals surface area contributed by atoms with Gasteiger partial charge >= 0.3 is 0 Å². The second-order valence-corrected chi connectivity index (χ2v) is 6.20. The van der Waals surface area contributed by atoms with E-state index in [-0.39, 0.29) is 0 Å². The summed E-state index contributed by atoms with van der Waals surface area (Å²) in [7, 11) is 0. The van der Waals surface area contributed by atoms with E-state index in [2.05, 4.69) is 33.2 Å². The Morgan fingerprint density at radius 2 is 2.25 bits per heavy atom. The Balaban J connectivity index is 1.66. The van der Waals surface area contributed by atoms with Crippen molar-refractivity contribution in [3.8, 4) is 5.75 Å². The van der Waals surface area contributed by atoms with Gasteiger partial charge in [0, 0.05) is 6.54 Å². The van der Waals surface area contributed by atoms with Crippen molar-refractivity contribution in [1.82, 2.24) is 4.98 Å². The lowest BCUT2D eigenvalue weighted by Gasteiger charge is -2.00. The van der Waals surface area contributed by atoms with Crippen molar-refractivity contribution in [3.05, 3.63) is 40.6 Å². The Kier molecular flexibility index (Phi) is 4.18. The highest BCUT2D eigenvalue weighted by molar-refractivity contribution is 7.22. The molecule has 0 atom stereocenters. The van der Waals surface area contributed by atoms with Crippen molar-refractivity contribution in [3.63, 3.8) is 0 Å². The summed E-state index contributed by atoms with van der Waals surface area (Å²) in [4.78, 5) is 4.59. The highest BCUT2D eigenvalue weighted by atomic mass is 32.1. The maximum Gasteiger partial charge on any atom is 0.183 e. The van der Waals surface area contributed by atoms with E-state index in [0.29, 0.717) is 6.61 Å². The summed E-state index contributed by atoms with van der Waals surface area (Å²) in [5, 5.41) is 8.67. The van der Waals surface area contributed by atoms with Crippen molar-refractivity contribution in [2.45, 2.75) is 13.3 Å². The van der Waals surface area contributed by atoms with Gasteiger partial charge in [0.25, 0.3) is 0 Å². The summed E-state index contributed by atoms with van der Waals surface area (Å²) in [6, 6.07) is 8.21. The highest BCUT2D eigenvalue weighted by Gasteiger charge is 2.05. The fraction of sp³-hybridized carbons (Fsp3) is 0.267. The lowest BCUT2D eigenvalue weighted by Crippen LogP contribution is -2.03. The number of hydrogen-bond donors (Lipinski definition) is 1. The second kappa shape index (κ2) is 6.24. The Labute approximate surface area is 126 Å². The van der Waals surface area contributed by atoms with Crippen LogP contribution in [-0.2, 0) is 6.42 Å². The third kappa shape index (κ3) is 3.11. The minimum absolute atomic E-state index is 0.691. The summed E-state index contributed by atoms with van der Waals surface area (Å²) < 4.78 is 6.67. The van der Waals surface area contributed by atoms with Crippen LogP contribution < -0.4 is 10.1 Å². The molecule has 0 aliphatic rings. The third-order valence-corrected chi connectivity index (χ3v) is 4.65. The summed E-state index contributed by atoms with van der Waals surface area (Å²) in [5.41, 5.74) is 2.40. The predicted octanol–water partition coefficient (Wildman–Crippen LogP) is 4.41. The largest absolute Gasteiger partial charge is 0.494 e. The number of benzene rings is 1. The number of rotatable bonds is 6. The molecule has 20 heavy (non-hydrogen) atoms. The molecule has 0 aliphatic heterocycles. The monoisotopic (exact) mass is 304 g/mol. The van der Waals surface area contributed by atoms with E-state index in [1.54, 1.807) is 22.7 Å². The fourth-order valence-corrected chi connectivity index (χ4v) is 3.61. The van der Waals surface area contributed by atoms with Crippen LogP contribution in [0.5, 0.6) is 5.75 Å². The number of aromatic nitrogens is 1. The molecule has 1 aromatic carbocycles. The first-order chi connectivity index (χ1) is 9.85. The summed E-state index contributed by atoms with van der Waals surface area (Å²) >= 11 is 3.42. The van der Waals surface area contributed by atoms with E-state index in [4.69, 9.17) is 4.74 Å². The number of ether oxygens (including phenoxy) is 1. The molecule has 104 valence electrons. The maximum absolute atomic E-state index is 5.51. The zero-order valence-electron chi connectivity index (χ0n) is 11.3. The van der Waals surface area contributed by atoms with Gasteiger partial charge in [0.2, 0.25) is 0 Å². The predicted molar refractivity (Wildman–Crippen MR) is 87.3 cm³/mol. The molecule has 0 spiro atoms. The van der Waals surface area contributed by atoms with Crippen LogP contribution in [0.25, 0.3) is 10.2 Å². The number of thiazole rings is 1. The molecule has 2 aromatic heterocycles. The number of nitrogens with one attached hydrogen (secondary N) is 1. The minimum atomic E-state index is 0.691. The molecule has 0 unspecified atom stereocenters. The molecule has 0 aliphatic carbocycles. The topological polar surface area (TPSA) is 34.1 Å². The summed E-state index contributed by atoms with van der Waals surface area (Å²) in [6.45, 7) is 3.60. The third-order valence-electron chi connectivity index (χ3n) is 2.94. The first-order valence-corrected chi connectivity index (χ1v) is 8.39. The molecule has 2 heterocycles. The smallest absolute Gasteiger partial charge is 0.183 e. The summed E-state index contributed by atoms with van der Waals surface area (Å²) in [6.07, 6.45) is 1.03. The lowest BCUT2D eigenvalue weighted by atomic mass is 10.2. The van der Waals surface area contributed by atoms with Gasteiger partial charge in [-0.25, -0.2) is 4.98 Å². The molecule has 1 N–H and O–H groups in total. The second-order valence-electron chi connectivity index (χ2n) is 4.39. The number of thiophene rings is 1. The molecular formula is C15H16N2OS2. The molecule has 0 bridgehead atoms. The van der Waals surface area contributed by atoms with E-state index in [9.17, 15) is 0 Å². The van der Waals surface area contributed by atoms with Gasteiger partial charge in [-0.2, -0.15) is 11.3 Å². The van der Waals surface area contributed by atoms with Crippen LogP contribution in [0.2, 0.25) is 0 Å². The lowest BCUT2D eigenvalue weighted by molar-refractivity contribution is 0.341. The van der Waals surface area contributed by atoms with Gasteiger partial charge in [0.15, 0.2) is 5.13 Å². The molecule has 0 amide bonds. The standard InChI is InChI=1S/C15H16N2OS2/c1-2-18-12-3-4-13-14(9-12)20-15(17-13)16-7-5-11-6-8-19-10-11/h3-4,6,8-10H,2,5,7H2,1H3,(H,16,17). The SMILES string of the molecule is CCOc1ccc2nc(NCCc3ccsc3)sc2c1. The zero-order valence-corrected chi connectivity index (χ0v) is 12.9. The molecular weight excluding hydrogens is 288 g/mol. The fourth-order valence-electron chi connectivity index (χ4n) is 1.99. The van der Waals surface area contributed by atoms with E-state index < -0.39 is 0 Å². The van der Waals surface area contributed by atoms with Gasteiger partial charge < -0.3 is 10.1 Å². The molecule has 3 aromatic rings. The minimum Gasteiger partial charge on any atom is -0.494 e. The number of nitrogens with zero attached hydrogens (tertiary/aromatic N) is 1. The van der Waals surface area contributed by atoms with E-state index in [0.717, 1.165) is 34.1 Å². The highest BCUT2D eigenvalue weighted by Crippen LogP contribution is 2.29. The Morgan fingerprint density at radius 1 is 1.30 bits per heavy atom. The maximum atomic E-state index is 5.51. The van der Waals surface area contributed by atoms with Gasteiger partial charge in [-0.1, -0.05) is 11.3 Å². The van der Waals surface area contributed by atoms with Crippen molar-refractivity contribution in [1.29, 1.82) is 0 Å². The average Bonchev–Trinajstić information content (AvgIpc) is 3.07. The van der Waals surface area contributed by atoms with Crippen LogP contribution >= 0.6 is 22.7 Å². The molecule has 0 saturated carbocycles. The van der Waals surface area contributed by atoms with Crippen LogP contribution in [0.4, 0.5) is 5.13 Å². The molecule has 3 rings (SSSR count). The van der Waals surface area contributed by atoms with Gasteiger partial charge in [-0.3, -0.25) is 0 Å². The van der Waals surface area contributed by atoms with Gasteiger partial charge in [-0.15, -0.1) is 0 Å². The summed E-state index contributed by atoms with van der Waals surface area (Å²) in [5.74, 6) is 0.911. The normalized spacial score (nSPS) is 10.8. The number of anilines is 1. The van der Waals surface area contributed by atoms with E-state index in [1.807, 2.05) is 19.1 Å². The zero-order chi connectivity index (χ0) is 13.8. The van der Waals surface area contributed by atoms with Crippen LogP contribution in [0.15, 0.2) is 35.0 Å². The first-order valence-electron chi connectivity index (χ1n) is 6.63. The number of fused-ring (bicyclic) bond motifs is 1. The quantitative estimate of drug-likeness (QED) is 0.732. The van der Waals surface area contributed by atoms with Crippen molar-refractivity contribution in [2.75, 3.05) is 18.5 Å². The Bertz CT molecular complexity index is 676. The molecule has 3 nitrogen and oxygen atoms in total. The molecule has 0 saturated heterocycles. The van der Waals surface area contributed by atoms with Crippen molar-refractivity contribution < 1.29 is 4.74 Å². The van der Waals surface area contributed by atoms with E-state index in [1.165, 1.54) is 5.56 Å². The first kappa shape index (κ1) is 13.4. The van der Waals surface area contributed by atoms with Gasteiger partial charge in [0.1, 0.15) is 5.75 Å². The number of hydrogen-bond acceptors (Lipinski definition) is 5. The van der Waals surface area contributed by atoms with Crippen LogP contribution in [-0.4, -0.2) is 18.1 Å². The van der Waals surface area contributed by atoms with Crippen molar-refractivity contribution in [2.24, 2.45) is 0 Å². The molecule has 5 heteroatoms. The van der Waals surface area contributed by atoms with Gasteiger partial charge in [0.05, 0.1) is 16.8 Å². The van der Waals surface area contributed by atoms with Gasteiger partial charge in [-0.05, 0) is 53.9 Å². The van der Waals surface area contributed by atoms with Crippen LogP contribution in [0.3, 0.4) is 0 Å². The Morgan fingerprint density at radius 3 is 3.05 bits per heavy atom. The Hall–Kier alpha value is -1.59. The van der Waals surface area contributed by atoms with Crippen LogP contribution in [0, 0.1) is 0 Å². The molecule has 0 radical (unpaired) electrons. The van der Waals surface area contributed by atoms with E-state index >= 15 is 0 Å². The average molecular weight is 304 g/mol. The molecule has 0 fully saturated rings. The van der Waals surface area contributed by atoms with Crippen LogP contribution in [0.1, 0.15) is 12.5 Å². The van der Waals surface area contributed by atoms with Crippen molar-refractivity contribution >= 4 is 38.0 Å².